The van der Waals surface area contributed by atoms with E-state index in [2.05, 4.69) is 13.8 Å². The average molecular weight is 196 g/mol. The Morgan fingerprint density at radius 3 is 2.77 bits per heavy atom. The molecule has 0 aromatic carbocycles. The number of hydrogen-bond acceptors (Lipinski definition) is 2. The molecular formula is C11H16OS. The molecule has 0 saturated carbocycles. The van der Waals surface area contributed by atoms with Crippen LogP contribution < -0.4 is 0 Å². The van der Waals surface area contributed by atoms with Crippen LogP contribution in [0.15, 0.2) is 11.4 Å². The zero-order chi connectivity index (χ0) is 9.84. The first-order valence-corrected chi connectivity index (χ1v) is 5.60. The van der Waals surface area contributed by atoms with Crippen molar-refractivity contribution >= 4 is 17.1 Å². The maximum Gasteiger partial charge on any atom is 0.173 e. The number of carbonyl (C=O) groups is 1. The summed E-state index contributed by atoms with van der Waals surface area (Å²) < 4.78 is 0. The lowest BCUT2D eigenvalue weighted by Gasteiger charge is -2.05. The highest BCUT2D eigenvalue weighted by molar-refractivity contribution is 7.12. The molecular weight excluding hydrogens is 180 g/mol. The van der Waals surface area contributed by atoms with Gasteiger partial charge in [0.05, 0.1) is 4.88 Å². The largest absolute Gasteiger partial charge is 0.293 e. The van der Waals surface area contributed by atoms with Crippen LogP contribution in [-0.2, 0) is 0 Å². The summed E-state index contributed by atoms with van der Waals surface area (Å²) in [5.74, 6) is 0.816. The van der Waals surface area contributed by atoms with Crippen LogP contribution >= 0.6 is 11.3 Å². The lowest BCUT2D eigenvalue weighted by atomic mass is 10.0. The van der Waals surface area contributed by atoms with Crippen LogP contribution in [0.1, 0.15) is 41.9 Å². The molecule has 1 aromatic rings. The third kappa shape index (κ3) is 2.66. The molecule has 1 heterocycles. The molecule has 0 amide bonds. The Kier molecular flexibility index (Phi) is 3.67. The normalized spacial score (nSPS) is 12.8. The molecule has 1 rings (SSSR count). The van der Waals surface area contributed by atoms with Crippen molar-refractivity contribution in [3.8, 4) is 0 Å². The zero-order valence-corrected chi connectivity index (χ0v) is 9.28. The molecule has 72 valence electrons. The molecule has 0 aliphatic carbocycles. The highest BCUT2D eigenvalue weighted by atomic mass is 32.1. The van der Waals surface area contributed by atoms with Crippen LogP contribution in [0.4, 0.5) is 0 Å². The van der Waals surface area contributed by atoms with E-state index in [1.54, 1.807) is 11.3 Å². The van der Waals surface area contributed by atoms with Crippen molar-refractivity contribution in [3.63, 3.8) is 0 Å². The fourth-order valence-corrected chi connectivity index (χ4v) is 2.09. The predicted molar refractivity (Wildman–Crippen MR) is 57.5 cm³/mol. The summed E-state index contributed by atoms with van der Waals surface area (Å²) in [7, 11) is 0. The number of hydrogen-bond donors (Lipinski definition) is 0. The molecule has 0 bridgehead atoms. The Balaban J connectivity index is 2.64. The predicted octanol–water partition coefficient (Wildman–Crippen LogP) is 3.68. The van der Waals surface area contributed by atoms with Crippen LogP contribution in [0, 0.1) is 12.8 Å². The van der Waals surface area contributed by atoms with Gasteiger partial charge in [-0.3, -0.25) is 4.79 Å². The minimum absolute atomic E-state index is 0.307. The number of aryl methyl sites for hydroxylation is 1. The van der Waals surface area contributed by atoms with E-state index < -0.39 is 0 Å². The minimum Gasteiger partial charge on any atom is -0.293 e. The Hall–Kier alpha value is -0.630. The van der Waals surface area contributed by atoms with Crippen LogP contribution in [0.2, 0.25) is 0 Å². The second-order valence-electron chi connectivity index (χ2n) is 3.57. The van der Waals surface area contributed by atoms with Crippen molar-refractivity contribution < 1.29 is 4.79 Å². The number of rotatable bonds is 4. The van der Waals surface area contributed by atoms with Gasteiger partial charge in [-0.2, -0.15) is 0 Å². The number of thiophene rings is 1. The van der Waals surface area contributed by atoms with E-state index in [0.717, 1.165) is 16.9 Å². The first kappa shape index (κ1) is 10.5. The quantitative estimate of drug-likeness (QED) is 0.671. The van der Waals surface area contributed by atoms with Gasteiger partial charge in [-0.15, -0.1) is 11.3 Å². The van der Waals surface area contributed by atoms with Crippen LogP contribution in [0.25, 0.3) is 0 Å². The van der Waals surface area contributed by atoms with E-state index in [0.29, 0.717) is 18.1 Å². The molecule has 1 unspecified atom stereocenters. The second-order valence-corrected chi connectivity index (χ2v) is 4.49. The van der Waals surface area contributed by atoms with Gasteiger partial charge in [-0.25, -0.2) is 0 Å². The Morgan fingerprint density at radius 1 is 1.62 bits per heavy atom. The standard InChI is InChI=1S/C11H16OS/c1-4-8(2)7-10(12)11-9(3)5-6-13-11/h5-6,8H,4,7H2,1-3H3. The maximum absolute atomic E-state index is 11.7. The summed E-state index contributed by atoms with van der Waals surface area (Å²) >= 11 is 1.56. The molecule has 0 aliphatic heterocycles. The van der Waals surface area contributed by atoms with Crippen molar-refractivity contribution in [2.75, 3.05) is 0 Å². The number of carbonyl (C=O) groups excluding carboxylic acids is 1. The fourth-order valence-electron chi connectivity index (χ4n) is 1.21. The Labute approximate surface area is 83.8 Å². The summed E-state index contributed by atoms with van der Waals surface area (Å²) in [6.07, 6.45) is 1.77. The van der Waals surface area contributed by atoms with Gasteiger partial charge in [0, 0.05) is 6.42 Å². The SMILES string of the molecule is CCC(C)CC(=O)c1sccc1C. The van der Waals surface area contributed by atoms with E-state index in [1.807, 2.05) is 18.4 Å². The van der Waals surface area contributed by atoms with Crippen molar-refractivity contribution in [3.05, 3.63) is 21.9 Å². The van der Waals surface area contributed by atoms with E-state index in [4.69, 9.17) is 0 Å². The molecule has 1 atom stereocenters. The third-order valence-corrected chi connectivity index (χ3v) is 3.40. The van der Waals surface area contributed by atoms with Gasteiger partial charge in [-0.05, 0) is 29.9 Å². The first-order chi connectivity index (χ1) is 6.15. The highest BCUT2D eigenvalue weighted by Gasteiger charge is 2.12. The van der Waals surface area contributed by atoms with Crippen LogP contribution in [-0.4, -0.2) is 5.78 Å². The van der Waals surface area contributed by atoms with Gasteiger partial charge < -0.3 is 0 Å². The molecule has 1 aromatic heterocycles. The van der Waals surface area contributed by atoms with E-state index in [-0.39, 0.29) is 0 Å². The second kappa shape index (κ2) is 4.56. The first-order valence-electron chi connectivity index (χ1n) is 4.72. The van der Waals surface area contributed by atoms with Gasteiger partial charge in [-0.1, -0.05) is 20.3 Å². The number of ketones is 1. The van der Waals surface area contributed by atoms with Crippen LogP contribution in [0.5, 0.6) is 0 Å². The van der Waals surface area contributed by atoms with E-state index in [9.17, 15) is 4.79 Å². The molecule has 0 N–H and O–H groups in total. The highest BCUT2D eigenvalue weighted by Crippen LogP contribution is 2.20. The smallest absolute Gasteiger partial charge is 0.173 e. The molecule has 0 spiro atoms. The lowest BCUT2D eigenvalue weighted by molar-refractivity contribution is 0.0967. The fraction of sp³-hybridized carbons (Fsp3) is 0.545. The summed E-state index contributed by atoms with van der Waals surface area (Å²) in [6.45, 7) is 6.25. The average Bonchev–Trinajstić information content (AvgIpc) is 2.51. The van der Waals surface area contributed by atoms with Crippen molar-refractivity contribution in [1.82, 2.24) is 0 Å². The number of Topliss-reactive ketones (excluding diaryl/α,β-unsaturated/α-hetero) is 1. The van der Waals surface area contributed by atoms with Crippen molar-refractivity contribution in [2.45, 2.75) is 33.6 Å². The Morgan fingerprint density at radius 2 is 2.31 bits per heavy atom. The topological polar surface area (TPSA) is 17.1 Å². The molecule has 0 fully saturated rings. The van der Waals surface area contributed by atoms with E-state index in [1.165, 1.54) is 0 Å². The minimum atomic E-state index is 0.307. The van der Waals surface area contributed by atoms with Gasteiger partial charge >= 0.3 is 0 Å². The summed E-state index contributed by atoms with van der Waals surface area (Å²) in [5, 5.41) is 1.99. The van der Waals surface area contributed by atoms with Gasteiger partial charge in [0.2, 0.25) is 0 Å². The zero-order valence-electron chi connectivity index (χ0n) is 8.46. The molecule has 0 saturated heterocycles. The van der Waals surface area contributed by atoms with Gasteiger partial charge in [0.15, 0.2) is 5.78 Å². The maximum atomic E-state index is 11.7. The van der Waals surface area contributed by atoms with Gasteiger partial charge in [0.25, 0.3) is 0 Å². The molecule has 2 heteroatoms. The summed E-state index contributed by atoms with van der Waals surface area (Å²) in [5.41, 5.74) is 1.12. The molecule has 0 radical (unpaired) electrons. The third-order valence-electron chi connectivity index (χ3n) is 2.35. The van der Waals surface area contributed by atoms with Crippen molar-refractivity contribution in [1.29, 1.82) is 0 Å². The Bertz CT molecular complexity index is 288. The van der Waals surface area contributed by atoms with Crippen LogP contribution in [0.3, 0.4) is 0 Å². The summed E-state index contributed by atoms with van der Waals surface area (Å²) in [4.78, 5) is 12.7. The molecule has 13 heavy (non-hydrogen) atoms. The van der Waals surface area contributed by atoms with Crippen molar-refractivity contribution in [2.24, 2.45) is 5.92 Å². The molecule has 0 aliphatic rings. The lowest BCUT2D eigenvalue weighted by Crippen LogP contribution is -2.04. The van der Waals surface area contributed by atoms with E-state index >= 15 is 0 Å². The van der Waals surface area contributed by atoms with Gasteiger partial charge in [0.1, 0.15) is 0 Å². The molecule has 1 nitrogen and oxygen atoms in total. The monoisotopic (exact) mass is 196 g/mol. The summed E-state index contributed by atoms with van der Waals surface area (Å²) in [6, 6.07) is 2.01.